The summed E-state index contributed by atoms with van der Waals surface area (Å²) in [5.41, 5.74) is 0.991. The summed E-state index contributed by atoms with van der Waals surface area (Å²) in [4.78, 5) is 11.8. The van der Waals surface area contributed by atoms with Crippen molar-refractivity contribution in [2.24, 2.45) is 0 Å². The Balaban J connectivity index is 2.01. The van der Waals surface area contributed by atoms with Gasteiger partial charge in [0.2, 0.25) is 5.28 Å². The molecule has 0 fully saturated rings. The zero-order valence-corrected chi connectivity index (χ0v) is 10.8. The Morgan fingerprint density at radius 3 is 2.44 bits per heavy atom. The highest BCUT2D eigenvalue weighted by atomic mass is 35.5. The number of hydrogen-bond acceptors (Lipinski definition) is 5. The van der Waals surface area contributed by atoms with Gasteiger partial charge in [0, 0.05) is 0 Å². The Kier molecular flexibility index (Phi) is 3.94. The molecule has 5 nitrogen and oxygen atoms in total. The molecule has 2 rings (SSSR count). The van der Waals surface area contributed by atoms with E-state index in [1.165, 1.54) is 0 Å². The lowest BCUT2D eigenvalue weighted by atomic mass is 10.2. The smallest absolute Gasteiger partial charge is 0.321 e. The molecule has 1 aromatic heterocycles. The SMILES string of the molecule is COc1ccc(COc2nc(C)nc(Cl)n2)cc1. The molecule has 0 bridgehead atoms. The average molecular weight is 266 g/mol. The zero-order valence-electron chi connectivity index (χ0n) is 10.1. The summed E-state index contributed by atoms with van der Waals surface area (Å²) in [5.74, 6) is 1.33. The lowest BCUT2D eigenvalue weighted by Gasteiger charge is -2.06. The molecule has 1 aromatic carbocycles. The Labute approximate surface area is 110 Å². The first-order chi connectivity index (χ1) is 8.67. The molecule has 0 aliphatic carbocycles. The Hall–Kier alpha value is -1.88. The summed E-state index contributed by atoms with van der Waals surface area (Å²) in [6.07, 6.45) is 0. The second-order valence-corrected chi connectivity index (χ2v) is 3.91. The van der Waals surface area contributed by atoms with E-state index < -0.39 is 0 Å². The summed E-state index contributed by atoms with van der Waals surface area (Å²) in [5, 5.41) is 0.132. The number of benzene rings is 1. The van der Waals surface area contributed by atoms with E-state index >= 15 is 0 Å². The van der Waals surface area contributed by atoms with Gasteiger partial charge in [-0.2, -0.15) is 9.97 Å². The summed E-state index contributed by atoms with van der Waals surface area (Å²) in [7, 11) is 1.63. The van der Waals surface area contributed by atoms with E-state index in [1.807, 2.05) is 24.3 Å². The molecule has 0 aliphatic heterocycles. The van der Waals surface area contributed by atoms with Gasteiger partial charge in [-0.05, 0) is 36.2 Å². The normalized spacial score (nSPS) is 10.2. The van der Waals surface area contributed by atoms with E-state index in [-0.39, 0.29) is 11.3 Å². The van der Waals surface area contributed by atoms with Gasteiger partial charge in [-0.25, -0.2) is 4.98 Å². The topological polar surface area (TPSA) is 57.1 Å². The molecular weight excluding hydrogens is 254 g/mol. The molecule has 0 saturated heterocycles. The maximum atomic E-state index is 5.71. The molecule has 0 N–H and O–H groups in total. The van der Waals surface area contributed by atoms with Crippen molar-refractivity contribution in [3.63, 3.8) is 0 Å². The van der Waals surface area contributed by atoms with Crippen molar-refractivity contribution in [2.45, 2.75) is 13.5 Å². The van der Waals surface area contributed by atoms with Gasteiger partial charge < -0.3 is 9.47 Å². The highest BCUT2D eigenvalue weighted by molar-refractivity contribution is 6.28. The van der Waals surface area contributed by atoms with Crippen molar-refractivity contribution in [1.82, 2.24) is 15.0 Å². The molecule has 0 spiro atoms. The number of aromatic nitrogens is 3. The van der Waals surface area contributed by atoms with E-state index in [0.717, 1.165) is 11.3 Å². The third-order valence-corrected chi connectivity index (χ3v) is 2.40. The number of hydrogen-bond donors (Lipinski definition) is 0. The predicted molar refractivity (Wildman–Crippen MR) is 66.9 cm³/mol. The van der Waals surface area contributed by atoms with Gasteiger partial charge in [0.1, 0.15) is 18.2 Å². The largest absolute Gasteiger partial charge is 0.497 e. The van der Waals surface area contributed by atoms with Crippen LogP contribution < -0.4 is 9.47 Å². The second-order valence-electron chi connectivity index (χ2n) is 3.57. The molecule has 0 unspecified atom stereocenters. The molecule has 0 atom stereocenters. The fourth-order valence-electron chi connectivity index (χ4n) is 1.36. The zero-order chi connectivity index (χ0) is 13.0. The minimum atomic E-state index is 0.132. The van der Waals surface area contributed by atoms with Crippen molar-refractivity contribution in [1.29, 1.82) is 0 Å². The number of methoxy groups -OCH3 is 1. The van der Waals surface area contributed by atoms with Crippen LogP contribution in [0.2, 0.25) is 5.28 Å². The van der Waals surface area contributed by atoms with E-state index in [9.17, 15) is 0 Å². The Morgan fingerprint density at radius 1 is 1.11 bits per heavy atom. The van der Waals surface area contributed by atoms with Gasteiger partial charge >= 0.3 is 6.01 Å². The van der Waals surface area contributed by atoms with Gasteiger partial charge in [0.25, 0.3) is 0 Å². The Morgan fingerprint density at radius 2 is 1.83 bits per heavy atom. The van der Waals surface area contributed by atoms with Crippen molar-refractivity contribution >= 4 is 11.6 Å². The third kappa shape index (κ3) is 3.30. The number of rotatable bonds is 4. The molecule has 18 heavy (non-hydrogen) atoms. The van der Waals surface area contributed by atoms with Crippen LogP contribution in [0.4, 0.5) is 0 Å². The first-order valence-corrected chi connectivity index (χ1v) is 5.69. The van der Waals surface area contributed by atoms with E-state index in [0.29, 0.717) is 12.4 Å². The van der Waals surface area contributed by atoms with Crippen LogP contribution >= 0.6 is 11.6 Å². The lowest BCUT2D eigenvalue weighted by Crippen LogP contribution is -2.02. The molecule has 94 valence electrons. The van der Waals surface area contributed by atoms with Crippen LogP contribution in [0.1, 0.15) is 11.4 Å². The van der Waals surface area contributed by atoms with Crippen molar-refractivity contribution in [3.8, 4) is 11.8 Å². The lowest BCUT2D eigenvalue weighted by molar-refractivity contribution is 0.278. The molecular formula is C12H12ClN3O2. The van der Waals surface area contributed by atoms with Gasteiger partial charge in [0.15, 0.2) is 0 Å². The average Bonchev–Trinajstić information content (AvgIpc) is 2.36. The first-order valence-electron chi connectivity index (χ1n) is 5.31. The minimum Gasteiger partial charge on any atom is -0.497 e. The fraction of sp³-hybridized carbons (Fsp3) is 0.250. The molecule has 1 heterocycles. The van der Waals surface area contributed by atoms with Crippen LogP contribution in [-0.2, 0) is 6.61 Å². The first kappa shape index (κ1) is 12.6. The minimum absolute atomic E-state index is 0.132. The molecule has 0 amide bonds. The van der Waals surface area contributed by atoms with E-state index in [4.69, 9.17) is 21.1 Å². The standard InChI is InChI=1S/C12H12ClN3O2/c1-8-14-11(13)16-12(15-8)18-7-9-3-5-10(17-2)6-4-9/h3-6H,7H2,1-2H3. The molecule has 0 aliphatic rings. The highest BCUT2D eigenvalue weighted by Gasteiger charge is 2.03. The summed E-state index contributed by atoms with van der Waals surface area (Å²) < 4.78 is 10.5. The second kappa shape index (κ2) is 5.64. The van der Waals surface area contributed by atoms with Gasteiger partial charge in [-0.15, -0.1) is 0 Å². The summed E-state index contributed by atoms with van der Waals surface area (Å²) in [6, 6.07) is 7.78. The van der Waals surface area contributed by atoms with Crippen LogP contribution in [0.25, 0.3) is 0 Å². The van der Waals surface area contributed by atoms with Crippen molar-refractivity contribution in [2.75, 3.05) is 7.11 Å². The molecule has 0 radical (unpaired) electrons. The summed E-state index contributed by atoms with van der Waals surface area (Å²) >= 11 is 5.71. The van der Waals surface area contributed by atoms with Crippen LogP contribution in [0.5, 0.6) is 11.8 Å². The van der Waals surface area contributed by atoms with Crippen molar-refractivity contribution < 1.29 is 9.47 Å². The quantitative estimate of drug-likeness (QED) is 0.850. The molecule has 2 aromatic rings. The number of halogens is 1. The molecule has 6 heteroatoms. The molecule has 0 saturated carbocycles. The van der Waals surface area contributed by atoms with Crippen molar-refractivity contribution in [3.05, 3.63) is 40.9 Å². The van der Waals surface area contributed by atoms with Crippen LogP contribution in [0.3, 0.4) is 0 Å². The predicted octanol–water partition coefficient (Wildman–Crippen LogP) is 2.42. The number of aryl methyl sites for hydroxylation is 1. The van der Waals surface area contributed by atoms with Crippen LogP contribution in [0.15, 0.2) is 24.3 Å². The Bertz CT molecular complexity index is 511. The van der Waals surface area contributed by atoms with E-state index in [1.54, 1.807) is 14.0 Å². The van der Waals surface area contributed by atoms with Gasteiger partial charge in [0.05, 0.1) is 7.11 Å². The summed E-state index contributed by atoms with van der Waals surface area (Å²) in [6.45, 7) is 2.09. The fourth-order valence-corrected chi connectivity index (χ4v) is 1.55. The van der Waals surface area contributed by atoms with Crippen LogP contribution in [-0.4, -0.2) is 22.1 Å². The number of ether oxygens (including phenoxy) is 2. The van der Waals surface area contributed by atoms with Crippen LogP contribution in [0, 0.1) is 6.92 Å². The maximum absolute atomic E-state index is 5.71. The van der Waals surface area contributed by atoms with E-state index in [2.05, 4.69) is 15.0 Å². The monoisotopic (exact) mass is 265 g/mol. The number of nitrogens with zero attached hydrogens (tertiary/aromatic N) is 3. The third-order valence-electron chi connectivity index (χ3n) is 2.23. The van der Waals surface area contributed by atoms with Gasteiger partial charge in [-0.3, -0.25) is 0 Å². The highest BCUT2D eigenvalue weighted by Crippen LogP contribution is 2.13. The maximum Gasteiger partial charge on any atom is 0.321 e. The van der Waals surface area contributed by atoms with Gasteiger partial charge in [-0.1, -0.05) is 12.1 Å².